The maximum absolute atomic E-state index is 14.4. The molecule has 0 aliphatic rings. The fourth-order valence-corrected chi connectivity index (χ4v) is 3.36. The van der Waals surface area contributed by atoms with Crippen molar-refractivity contribution in [3.05, 3.63) is 59.5 Å². The Labute approximate surface area is 163 Å². The van der Waals surface area contributed by atoms with Gasteiger partial charge in [-0.05, 0) is 37.1 Å². The first kappa shape index (κ1) is 19.4. The Bertz CT molecular complexity index is 1050. The molecule has 3 rings (SSSR count). The Balaban J connectivity index is 2.00. The molecule has 28 heavy (non-hydrogen) atoms. The van der Waals surface area contributed by atoms with Crippen molar-refractivity contribution in [3.8, 4) is 17.5 Å². The highest BCUT2D eigenvalue weighted by molar-refractivity contribution is 5.87. The summed E-state index contributed by atoms with van der Waals surface area (Å²) in [6, 6.07) is 12.3. The highest BCUT2D eigenvalue weighted by Crippen LogP contribution is 2.32. The number of nitrogens with one attached hydrogen (secondary N) is 1. The molecule has 1 N–H and O–H groups in total. The molecule has 0 saturated carbocycles. The van der Waals surface area contributed by atoms with E-state index in [1.54, 1.807) is 25.4 Å². The minimum absolute atomic E-state index is 0.0153. The van der Waals surface area contributed by atoms with Crippen LogP contribution in [-0.2, 0) is 11.2 Å². The van der Waals surface area contributed by atoms with Gasteiger partial charge in [-0.2, -0.15) is 5.26 Å². The van der Waals surface area contributed by atoms with Crippen LogP contribution in [0.3, 0.4) is 0 Å². The summed E-state index contributed by atoms with van der Waals surface area (Å²) in [4.78, 5) is 11.7. The molecule has 144 valence electrons. The predicted molar refractivity (Wildman–Crippen MR) is 106 cm³/mol. The second-order valence-electron chi connectivity index (χ2n) is 6.50. The van der Waals surface area contributed by atoms with E-state index in [2.05, 4.69) is 11.4 Å². The average Bonchev–Trinajstić information content (AvgIpc) is 3.12. The molecule has 0 unspecified atom stereocenters. The lowest BCUT2D eigenvalue weighted by molar-refractivity contribution is -0.121. The third-order valence-corrected chi connectivity index (χ3v) is 4.62. The number of hydrogen-bond donors (Lipinski definition) is 1. The molecular weight excluding hydrogens is 357 g/mol. The number of ether oxygens (including phenoxy) is 1. The van der Waals surface area contributed by atoms with Gasteiger partial charge in [0.05, 0.1) is 29.9 Å². The van der Waals surface area contributed by atoms with E-state index in [0.29, 0.717) is 42.0 Å². The van der Waals surface area contributed by atoms with Crippen LogP contribution in [0.5, 0.6) is 5.75 Å². The molecule has 0 fully saturated rings. The standard InChI is InChI=1S/C22H22FN3O2/c1-3-5-21(27)25-10-8-15-12-17(23)13-20(22(15)28-2)26-11-9-18-16(14-24)6-4-7-19(18)26/h4,6-7,9,11-13H,3,5,8,10H2,1-2H3,(H,25,27). The van der Waals surface area contributed by atoms with E-state index in [-0.39, 0.29) is 11.7 Å². The van der Waals surface area contributed by atoms with Crippen LogP contribution in [0.1, 0.15) is 30.9 Å². The van der Waals surface area contributed by atoms with Crippen LogP contribution in [0.4, 0.5) is 4.39 Å². The summed E-state index contributed by atoms with van der Waals surface area (Å²) < 4.78 is 21.8. The predicted octanol–water partition coefficient (Wildman–Crippen LogP) is 4.11. The summed E-state index contributed by atoms with van der Waals surface area (Å²) in [5.41, 5.74) is 2.59. The van der Waals surface area contributed by atoms with Crippen LogP contribution < -0.4 is 10.1 Å². The molecule has 1 heterocycles. The van der Waals surface area contributed by atoms with E-state index >= 15 is 0 Å². The van der Waals surface area contributed by atoms with Crippen molar-refractivity contribution in [2.45, 2.75) is 26.2 Å². The van der Waals surface area contributed by atoms with E-state index < -0.39 is 0 Å². The van der Waals surface area contributed by atoms with Gasteiger partial charge in [-0.1, -0.05) is 13.0 Å². The number of rotatable bonds is 7. The van der Waals surface area contributed by atoms with Gasteiger partial charge in [0.1, 0.15) is 11.6 Å². The maximum Gasteiger partial charge on any atom is 0.219 e. The molecular formula is C22H22FN3O2. The molecule has 0 radical (unpaired) electrons. The second kappa shape index (κ2) is 8.57. The minimum atomic E-state index is -0.385. The molecule has 0 atom stereocenters. The number of halogens is 1. The largest absolute Gasteiger partial charge is 0.494 e. The minimum Gasteiger partial charge on any atom is -0.494 e. The topological polar surface area (TPSA) is 67.0 Å². The van der Waals surface area contributed by atoms with Gasteiger partial charge in [-0.25, -0.2) is 4.39 Å². The van der Waals surface area contributed by atoms with Crippen LogP contribution in [0.2, 0.25) is 0 Å². The van der Waals surface area contributed by atoms with Crippen molar-refractivity contribution in [1.82, 2.24) is 9.88 Å². The molecule has 0 bridgehead atoms. The Morgan fingerprint density at radius 2 is 2.14 bits per heavy atom. The quantitative estimate of drug-likeness (QED) is 0.672. The molecule has 2 aromatic carbocycles. The van der Waals surface area contributed by atoms with E-state index in [9.17, 15) is 14.4 Å². The molecule has 6 heteroatoms. The van der Waals surface area contributed by atoms with Gasteiger partial charge in [0, 0.05) is 36.2 Å². The summed E-state index contributed by atoms with van der Waals surface area (Å²) >= 11 is 0. The fourth-order valence-electron chi connectivity index (χ4n) is 3.36. The Morgan fingerprint density at radius 3 is 2.86 bits per heavy atom. The van der Waals surface area contributed by atoms with Gasteiger partial charge >= 0.3 is 0 Å². The van der Waals surface area contributed by atoms with Crippen LogP contribution >= 0.6 is 0 Å². The Kier molecular flexibility index (Phi) is 5.95. The third-order valence-electron chi connectivity index (χ3n) is 4.62. The van der Waals surface area contributed by atoms with Crippen molar-refractivity contribution < 1.29 is 13.9 Å². The highest BCUT2D eigenvalue weighted by Gasteiger charge is 2.16. The van der Waals surface area contributed by atoms with Crippen LogP contribution in [0, 0.1) is 17.1 Å². The lowest BCUT2D eigenvalue weighted by atomic mass is 10.1. The normalized spacial score (nSPS) is 10.6. The summed E-state index contributed by atoms with van der Waals surface area (Å²) in [7, 11) is 1.54. The number of fused-ring (bicyclic) bond motifs is 1. The average molecular weight is 379 g/mol. The zero-order valence-corrected chi connectivity index (χ0v) is 16.0. The lowest BCUT2D eigenvalue weighted by Crippen LogP contribution is -2.25. The monoisotopic (exact) mass is 379 g/mol. The Hall–Kier alpha value is -3.33. The second-order valence-corrected chi connectivity index (χ2v) is 6.50. The van der Waals surface area contributed by atoms with Gasteiger partial charge in [-0.15, -0.1) is 0 Å². The third kappa shape index (κ3) is 3.84. The molecule has 1 amide bonds. The molecule has 1 aromatic heterocycles. The first-order valence-electron chi connectivity index (χ1n) is 9.22. The van der Waals surface area contributed by atoms with E-state index in [0.717, 1.165) is 17.3 Å². The van der Waals surface area contributed by atoms with Crippen molar-refractivity contribution in [2.24, 2.45) is 0 Å². The van der Waals surface area contributed by atoms with Crippen LogP contribution in [0.25, 0.3) is 16.6 Å². The highest BCUT2D eigenvalue weighted by atomic mass is 19.1. The van der Waals surface area contributed by atoms with E-state index in [4.69, 9.17) is 4.74 Å². The number of carbonyl (C=O) groups is 1. The number of amides is 1. The number of aromatic nitrogens is 1. The molecule has 0 spiro atoms. The lowest BCUT2D eigenvalue weighted by Gasteiger charge is -2.16. The summed E-state index contributed by atoms with van der Waals surface area (Å²) in [5.74, 6) is 0.147. The molecule has 5 nitrogen and oxygen atoms in total. The molecule has 0 aliphatic carbocycles. The molecule has 0 saturated heterocycles. The van der Waals surface area contributed by atoms with E-state index in [1.165, 1.54) is 12.1 Å². The first-order valence-corrected chi connectivity index (χ1v) is 9.22. The zero-order chi connectivity index (χ0) is 20.1. The van der Waals surface area contributed by atoms with Gasteiger partial charge in [0.25, 0.3) is 0 Å². The smallest absolute Gasteiger partial charge is 0.219 e. The van der Waals surface area contributed by atoms with Crippen molar-refractivity contribution >= 4 is 16.8 Å². The molecule has 3 aromatic rings. The number of methoxy groups -OCH3 is 1. The first-order chi connectivity index (χ1) is 13.6. The number of carbonyl (C=O) groups excluding carboxylic acids is 1. The van der Waals surface area contributed by atoms with Crippen LogP contribution in [-0.4, -0.2) is 24.1 Å². The number of nitriles is 1. The van der Waals surface area contributed by atoms with Crippen molar-refractivity contribution in [2.75, 3.05) is 13.7 Å². The van der Waals surface area contributed by atoms with Crippen molar-refractivity contribution in [1.29, 1.82) is 5.26 Å². The van der Waals surface area contributed by atoms with Gasteiger partial charge in [0.15, 0.2) is 0 Å². The van der Waals surface area contributed by atoms with Gasteiger partial charge in [-0.3, -0.25) is 4.79 Å². The summed E-state index contributed by atoms with van der Waals surface area (Å²) in [6.45, 7) is 2.35. The van der Waals surface area contributed by atoms with E-state index in [1.807, 2.05) is 23.6 Å². The number of hydrogen-bond acceptors (Lipinski definition) is 3. The summed E-state index contributed by atoms with van der Waals surface area (Å²) in [6.07, 6.45) is 3.51. The number of benzene rings is 2. The van der Waals surface area contributed by atoms with Gasteiger partial charge in [0.2, 0.25) is 5.91 Å². The molecule has 0 aliphatic heterocycles. The zero-order valence-electron chi connectivity index (χ0n) is 16.0. The van der Waals surface area contributed by atoms with Crippen LogP contribution in [0.15, 0.2) is 42.6 Å². The Morgan fingerprint density at radius 1 is 1.32 bits per heavy atom. The summed E-state index contributed by atoms with van der Waals surface area (Å²) in [5, 5.41) is 12.9. The SMILES string of the molecule is CCCC(=O)NCCc1cc(F)cc(-n2ccc3c(C#N)cccc32)c1OC. The van der Waals surface area contributed by atoms with Crippen molar-refractivity contribution in [3.63, 3.8) is 0 Å². The number of nitrogens with zero attached hydrogens (tertiary/aromatic N) is 2. The maximum atomic E-state index is 14.4. The fraction of sp³-hybridized carbons (Fsp3) is 0.273. The van der Waals surface area contributed by atoms with Gasteiger partial charge < -0.3 is 14.6 Å².